The van der Waals surface area contributed by atoms with Gasteiger partial charge in [-0.3, -0.25) is 9.59 Å². The Morgan fingerprint density at radius 3 is 2.26 bits per heavy atom. The van der Waals surface area contributed by atoms with Crippen molar-refractivity contribution >= 4 is 11.9 Å². The molecule has 1 amide bonds. The number of carbonyl (C=O) groups excluding carboxylic acids is 1. The molecule has 0 atom stereocenters. The van der Waals surface area contributed by atoms with Crippen LogP contribution in [0.3, 0.4) is 0 Å². The summed E-state index contributed by atoms with van der Waals surface area (Å²) >= 11 is 0. The maximum absolute atomic E-state index is 12.8. The molecule has 0 saturated heterocycles. The predicted molar refractivity (Wildman–Crippen MR) is 88.0 cm³/mol. The molecular formula is C19H25NO3. The van der Waals surface area contributed by atoms with E-state index in [9.17, 15) is 9.59 Å². The van der Waals surface area contributed by atoms with Crippen molar-refractivity contribution in [3.63, 3.8) is 0 Å². The van der Waals surface area contributed by atoms with Gasteiger partial charge in [0, 0.05) is 6.04 Å². The standard InChI is InChI=1S/C19H25NO3/c21-17(22)15-7-9-16(10-8-15)20-18(23)19(11-4-12-19)13-14-5-2-1-3-6-14/h1-3,5-6,15-16H,4,7-13H2,(H,20,23)(H,21,22). The van der Waals surface area contributed by atoms with E-state index in [1.54, 1.807) is 0 Å². The fourth-order valence-corrected chi connectivity index (χ4v) is 3.90. The zero-order chi connectivity index (χ0) is 16.3. The summed E-state index contributed by atoms with van der Waals surface area (Å²) in [6, 6.07) is 10.4. The predicted octanol–water partition coefficient (Wildman–Crippen LogP) is 3.16. The van der Waals surface area contributed by atoms with E-state index >= 15 is 0 Å². The van der Waals surface area contributed by atoms with Gasteiger partial charge in [-0.05, 0) is 50.5 Å². The van der Waals surface area contributed by atoms with Crippen LogP contribution in [0.4, 0.5) is 0 Å². The highest BCUT2D eigenvalue weighted by Crippen LogP contribution is 2.44. The first-order valence-electron chi connectivity index (χ1n) is 8.67. The molecular weight excluding hydrogens is 290 g/mol. The van der Waals surface area contributed by atoms with Crippen LogP contribution < -0.4 is 5.32 Å². The van der Waals surface area contributed by atoms with Crippen LogP contribution in [0.2, 0.25) is 0 Å². The lowest BCUT2D eigenvalue weighted by molar-refractivity contribution is -0.143. The number of amides is 1. The van der Waals surface area contributed by atoms with Gasteiger partial charge in [-0.1, -0.05) is 36.8 Å². The zero-order valence-electron chi connectivity index (χ0n) is 13.5. The molecule has 2 saturated carbocycles. The van der Waals surface area contributed by atoms with E-state index in [0.717, 1.165) is 38.5 Å². The van der Waals surface area contributed by atoms with E-state index in [1.807, 2.05) is 18.2 Å². The van der Waals surface area contributed by atoms with E-state index in [2.05, 4.69) is 17.4 Å². The van der Waals surface area contributed by atoms with Gasteiger partial charge in [0.25, 0.3) is 0 Å². The van der Waals surface area contributed by atoms with Crippen LogP contribution in [0.25, 0.3) is 0 Å². The summed E-state index contributed by atoms with van der Waals surface area (Å²) in [6.45, 7) is 0. The van der Waals surface area contributed by atoms with Gasteiger partial charge in [-0.2, -0.15) is 0 Å². The molecule has 4 nitrogen and oxygen atoms in total. The van der Waals surface area contributed by atoms with Crippen LogP contribution in [0.1, 0.15) is 50.5 Å². The molecule has 0 radical (unpaired) electrons. The smallest absolute Gasteiger partial charge is 0.306 e. The summed E-state index contributed by atoms with van der Waals surface area (Å²) in [5, 5.41) is 12.3. The minimum Gasteiger partial charge on any atom is -0.481 e. The molecule has 0 bridgehead atoms. The lowest BCUT2D eigenvalue weighted by atomic mass is 9.64. The molecule has 2 aliphatic carbocycles. The third-order valence-corrected chi connectivity index (χ3v) is 5.59. The molecule has 0 aliphatic heterocycles. The maximum Gasteiger partial charge on any atom is 0.306 e. The Morgan fingerprint density at radius 1 is 1.09 bits per heavy atom. The maximum atomic E-state index is 12.8. The van der Waals surface area contributed by atoms with Gasteiger partial charge >= 0.3 is 5.97 Å². The molecule has 2 aliphatic rings. The van der Waals surface area contributed by atoms with Crippen molar-refractivity contribution in [1.29, 1.82) is 0 Å². The van der Waals surface area contributed by atoms with Gasteiger partial charge in [-0.15, -0.1) is 0 Å². The number of aliphatic carboxylic acids is 1. The summed E-state index contributed by atoms with van der Waals surface area (Å²) in [5.41, 5.74) is 0.974. The van der Waals surface area contributed by atoms with E-state index in [0.29, 0.717) is 12.8 Å². The number of carbonyl (C=O) groups is 2. The number of rotatable bonds is 5. The summed E-state index contributed by atoms with van der Waals surface area (Å²) < 4.78 is 0. The number of hydrogen-bond acceptors (Lipinski definition) is 2. The second kappa shape index (κ2) is 6.73. The third kappa shape index (κ3) is 3.57. The quantitative estimate of drug-likeness (QED) is 0.877. The fraction of sp³-hybridized carbons (Fsp3) is 0.579. The Hall–Kier alpha value is -1.84. The highest BCUT2D eigenvalue weighted by atomic mass is 16.4. The van der Waals surface area contributed by atoms with E-state index < -0.39 is 5.97 Å². The second-order valence-electron chi connectivity index (χ2n) is 7.16. The minimum absolute atomic E-state index is 0.145. The Kier molecular flexibility index (Phi) is 4.69. The molecule has 0 spiro atoms. The van der Waals surface area contributed by atoms with Crippen molar-refractivity contribution in [2.45, 2.75) is 57.4 Å². The van der Waals surface area contributed by atoms with Crippen molar-refractivity contribution in [2.24, 2.45) is 11.3 Å². The number of nitrogens with one attached hydrogen (secondary N) is 1. The molecule has 2 N–H and O–H groups in total. The molecule has 1 aromatic carbocycles. The van der Waals surface area contributed by atoms with Gasteiger partial charge < -0.3 is 10.4 Å². The van der Waals surface area contributed by atoms with Gasteiger partial charge in [0.05, 0.1) is 11.3 Å². The first kappa shape index (κ1) is 16.0. The SMILES string of the molecule is O=C(O)C1CCC(NC(=O)C2(Cc3ccccc3)CCC2)CC1. The minimum atomic E-state index is -0.700. The molecule has 23 heavy (non-hydrogen) atoms. The number of hydrogen-bond donors (Lipinski definition) is 2. The van der Waals surface area contributed by atoms with Crippen LogP contribution in [-0.2, 0) is 16.0 Å². The summed E-state index contributed by atoms with van der Waals surface area (Å²) in [4.78, 5) is 23.8. The van der Waals surface area contributed by atoms with Crippen LogP contribution in [0.5, 0.6) is 0 Å². The van der Waals surface area contributed by atoms with Gasteiger partial charge in [0.2, 0.25) is 5.91 Å². The Morgan fingerprint density at radius 2 is 1.74 bits per heavy atom. The average Bonchev–Trinajstić information content (AvgIpc) is 2.52. The largest absolute Gasteiger partial charge is 0.481 e. The molecule has 4 heteroatoms. The molecule has 3 rings (SSSR count). The van der Waals surface area contributed by atoms with Crippen molar-refractivity contribution in [1.82, 2.24) is 5.32 Å². The summed E-state index contributed by atoms with van der Waals surface area (Å²) in [6.07, 6.45) is 6.75. The van der Waals surface area contributed by atoms with Crippen molar-refractivity contribution in [2.75, 3.05) is 0 Å². The molecule has 0 aromatic heterocycles. The monoisotopic (exact) mass is 315 g/mol. The normalized spacial score (nSPS) is 26.1. The van der Waals surface area contributed by atoms with E-state index in [4.69, 9.17) is 5.11 Å². The Bertz CT molecular complexity index is 557. The average molecular weight is 315 g/mol. The molecule has 0 heterocycles. The summed E-state index contributed by atoms with van der Waals surface area (Å²) in [7, 11) is 0. The molecule has 1 aromatic rings. The van der Waals surface area contributed by atoms with Crippen LogP contribution >= 0.6 is 0 Å². The van der Waals surface area contributed by atoms with Crippen molar-refractivity contribution < 1.29 is 14.7 Å². The summed E-state index contributed by atoms with van der Waals surface area (Å²) in [5.74, 6) is -0.758. The van der Waals surface area contributed by atoms with Crippen molar-refractivity contribution in [3.8, 4) is 0 Å². The number of carboxylic acids is 1. The lowest BCUT2D eigenvalue weighted by Gasteiger charge is -2.42. The van der Waals surface area contributed by atoms with Gasteiger partial charge in [-0.25, -0.2) is 0 Å². The molecule has 2 fully saturated rings. The van der Waals surface area contributed by atoms with Crippen LogP contribution in [0, 0.1) is 11.3 Å². The molecule has 124 valence electrons. The zero-order valence-corrected chi connectivity index (χ0v) is 13.5. The Balaban J connectivity index is 1.57. The number of carboxylic acid groups (broad SMARTS) is 1. The molecule has 0 unspecified atom stereocenters. The lowest BCUT2D eigenvalue weighted by Crippen LogP contribution is -2.51. The second-order valence-corrected chi connectivity index (χ2v) is 7.16. The Labute approximate surface area is 137 Å². The van der Waals surface area contributed by atoms with Gasteiger partial charge in [0.15, 0.2) is 0 Å². The van der Waals surface area contributed by atoms with Crippen LogP contribution in [0.15, 0.2) is 30.3 Å². The first-order valence-corrected chi connectivity index (χ1v) is 8.67. The van der Waals surface area contributed by atoms with Gasteiger partial charge in [0.1, 0.15) is 0 Å². The topological polar surface area (TPSA) is 66.4 Å². The van der Waals surface area contributed by atoms with E-state index in [-0.39, 0.29) is 23.3 Å². The van der Waals surface area contributed by atoms with Crippen molar-refractivity contribution in [3.05, 3.63) is 35.9 Å². The first-order chi connectivity index (χ1) is 11.1. The van der Waals surface area contributed by atoms with Crippen LogP contribution in [-0.4, -0.2) is 23.0 Å². The van der Waals surface area contributed by atoms with E-state index in [1.165, 1.54) is 5.56 Å². The number of benzene rings is 1. The highest BCUT2D eigenvalue weighted by Gasteiger charge is 2.44. The third-order valence-electron chi connectivity index (χ3n) is 5.59. The highest BCUT2D eigenvalue weighted by molar-refractivity contribution is 5.84. The fourth-order valence-electron chi connectivity index (χ4n) is 3.90.